The van der Waals surface area contributed by atoms with Crippen LogP contribution in [0.5, 0.6) is 0 Å². The number of aliphatic carboxylic acids is 1. The predicted molar refractivity (Wildman–Crippen MR) is 138 cm³/mol. The number of rotatable bonds is 2. The number of nitrogens with zero attached hydrogens (tertiary/aromatic N) is 5. The molecule has 14 heteroatoms. The van der Waals surface area contributed by atoms with Crippen LogP contribution in [0.4, 0.5) is 24.8 Å². The molecular formula is C26H25F3N6O5. The molecule has 210 valence electrons. The highest BCUT2D eigenvalue weighted by Crippen LogP contribution is 2.30. The number of alkyl halides is 3. The third-order valence-electron chi connectivity index (χ3n) is 6.22. The summed E-state index contributed by atoms with van der Waals surface area (Å²) >= 11 is 0. The maximum absolute atomic E-state index is 12.2. The first-order chi connectivity index (χ1) is 18.9. The second-order valence-corrected chi connectivity index (χ2v) is 9.03. The summed E-state index contributed by atoms with van der Waals surface area (Å²) < 4.78 is 37.2. The van der Waals surface area contributed by atoms with Gasteiger partial charge in [-0.1, -0.05) is 24.0 Å². The zero-order valence-corrected chi connectivity index (χ0v) is 21.3. The van der Waals surface area contributed by atoms with Gasteiger partial charge in [-0.05, 0) is 18.2 Å². The van der Waals surface area contributed by atoms with Gasteiger partial charge in [-0.15, -0.1) is 0 Å². The SMILES string of the molecule is CN1CC[C@@](O)(C#Cc2cccc(-c3nc(N4CCOCC4)c4ccnc(N)c4n3)c2)C1=O.O=C(O)C(F)(F)F. The van der Waals surface area contributed by atoms with E-state index >= 15 is 0 Å². The number of anilines is 2. The van der Waals surface area contributed by atoms with Gasteiger partial charge >= 0.3 is 12.1 Å². The van der Waals surface area contributed by atoms with E-state index in [0.717, 1.165) is 29.9 Å². The topological polar surface area (TPSA) is 155 Å². The number of aromatic nitrogens is 3. The van der Waals surface area contributed by atoms with E-state index in [2.05, 4.69) is 21.7 Å². The van der Waals surface area contributed by atoms with Crippen LogP contribution in [0.2, 0.25) is 0 Å². The second-order valence-electron chi connectivity index (χ2n) is 9.03. The van der Waals surface area contributed by atoms with Crippen LogP contribution in [-0.2, 0) is 14.3 Å². The van der Waals surface area contributed by atoms with E-state index in [9.17, 15) is 23.1 Å². The lowest BCUT2D eigenvalue weighted by Gasteiger charge is -2.29. The molecule has 4 N–H and O–H groups in total. The molecule has 40 heavy (non-hydrogen) atoms. The van der Waals surface area contributed by atoms with Crippen LogP contribution in [0, 0.1) is 11.8 Å². The summed E-state index contributed by atoms with van der Waals surface area (Å²) in [4.78, 5) is 38.5. The molecule has 5 rings (SSSR count). The average molecular weight is 559 g/mol. The quantitative estimate of drug-likeness (QED) is 0.396. The lowest BCUT2D eigenvalue weighted by Crippen LogP contribution is -2.37. The summed E-state index contributed by atoms with van der Waals surface area (Å²) in [6.45, 7) is 3.18. The Labute approximate surface area is 226 Å². The Bertz CT molecular complexity index is 1500. The molecule has 0 saturated carbocycles. The summed E-state index contributed by atoms with van der Waals surface area (Å²) in [6, 6.07) is 9.28. The molecule has 2 aromatic heterocycles. The Balaban J connectivity index is 0.000000470. The number of pyridine rings is 1. The van der Waals surface area contributed by atoms with Gasteiger partial charge in [0.1, 0.15) is 17.2 Å². The lowest BCUT2D eigenvalue weighted by atomic mass is 10.0. The number of aliphatic hydroxyl groups is 1. The Hall–Kier alpha value is -4.48. The molecule has 0 spiro atoms. The van der Waals surface area contributed by atoms with Crippen molar-refractivity contribution in [1.29, 1.82) is 0 Å². The van der Waals surface area contributed by atoms with E-state index in [-0.39, 0.29) is 12.3 Å². The first-order valence-electron chi connectivity index (χ1n) is 12.1. The number of carbonyl (C=O) groups excluding carboxylic acids is 1. The lowest BCUT2D eigenvalue weighted by molar-refractivity contribution is -0.192. The fraction of sp³-hybridized carbons (Fsp3) is 0.346. The molecule has 2 aliphatic heterocycles. The Morgan fingerprint density at radius 3 is 2.50 bits per heavy atom. The number of likely N-dealkylation sites (tertiary alicyclic amines) is 1. The highest BCUT2D eigenvalue weighted by Gasteiger charge is 2.42. The Kier molecular flexibility index (Phi) is 8.08. The smallest absolute Gasteiger partial charge is 0.475 e. The summed E-state index contributed by atoms with van der Waals surface area (Å²) in [6.07, 6.45) is -3.13. The number of carboxylic acids is 1. The maximum Gasteiger partial charge on any atom is 0.490 e. The van der Waals surface area contributed by atoms with E-state index in [1.165, 1.54) is 4.90 Å². The van der Waals surface area contributed by atoms with Crippen molar-refractivity contribution in [3.63, 3.8) is 0 Å². The first-order valence-corrected chi connectivity index (χ1v) is 12.1. The number of hydrogen-bond acceptors (Lipinski definition) is 9. The van der Waals surface area contributed by atoms with E-state index in [4.69, 9.17) is 30.3 Å². The van der Waals surface area contributed by atoms with Crippen molar-refractivity contribution in [1.82, 2.24) is 19.9 Å². The van der Waals surface area contributed by atoms with Crippen LogP contribution >= 0.6 is 0 Å². The maximum atomic E-state index is 12.2. The summed E-state index contributed by atoms with van der Waals surface area (Å²) in [5.41, 5.74) is 6.51. The average Bonchev–Trinajstić information content (AvgIpc) is 3.20. The van der Waals surface area contributed by atoms with Crippen molar-refractivity contribution in [2.45, 2.75) is 18.2 Å². The van der Waals surface area contributed by atoms with Crippen LogP contribution in [0.3, 0.4) is 0 Å². The monoisotopic (exact) mass is 558 g/mol. The molecular weight excluding hydrogens is 533 g/mol. The highest BCUT2D eigenvalue weighted by molar-refractivity contribution is 5.96. The number of carboxylic acid groups (broad SMARTS) is 1. The third-order valence-corrected chi connectivity index (χ3v) is 6.22. The molecule has 1 atom stereocenters. The number of benzene rings is 1. The normalized spacial score (nSPS) is 19.1. The molecule has 0 aliphatic carbocycles. The van der Waals surface area contributed by atoms with Crippen LogP contribution in [0.15, 0.2) is 36.5 Å². The van der Waals surface area contributed by atoms with Crippen molar-refractivity contribution in [2.75, 3.05) is 50.5 Å². The van der Waals surface area contributed by atoms with Crippen molar-refractivity contribution in [3.8, 4) is 23.2 Å². The van der Waals surface area contributed by atoms with Crippen molar-refractivity contribution in [2.24, 2.45) is 0 Å². The van der Waals surface area contributed by atoms with Crippen LogP contribution < -0.4 is 10.6 Å². The minimum absolute atomic E-state index is 0.290. The summed E-state index contributed by atoms with van der Waals surface area (Å²) in [5.74, 6) is 4.21. The van der Waals surface area contributed by atoms with Crippen LogP contribution in [-0.4, -0.2) is 93.6 Å². The molecule has 2 saturated heterocycles. The molecule has 0 radical (unpaired) electrons. The number of halogens is 3. The molecule has 1 aromatic carbocycles. The fourth-order valence-electron chi connectivity index (χ4n) is 4.09. The van der Waals surface area contributed by atoms with Crippen LogP contribution in [0.25, 0.3) is 22.3 Å². The Morgan fingerprint density at radius 2 is 1.88 bits per heavy atom. The highest BCUT2D eigenvalue weighted by atomic mass is 19.4. The van der Waals surface area contributed by atoms with E-state index in [1.54, 1.807) is 13.2 Å². The van der Waals surface area contributed by atoms with E-state index < -0.39 is 17.7 Å². The fourth-order valence-corrected chi connectivity index (χ4v) is 4.09. The van der Waals surface area contributed by atoms with Crippen LogP contribution in [0.1, 0.15) is 12.0 Å². The number of nitrogens with two attached hydrogens (primary N) is 1. The molecule has 0 bridgehead atoms. The van der Waals surface area contributed by atoms with E-state index in [1.807, 2.05) is 30.3 Å². The number of nitrogen functional groups attached to an aromatic ring is 1. The van der Waals surface area contributed by atoms with Gasteiger partial charge in [0.2, 0.25) is 5.60 Å². The number of carbonyl (C=O) groups is 2. The first kappa shape index (κ1) is 28.5. The third kappa shape index (κ3) is 6.22. The number of amides is 1. The number of fused-ring (bicyclic) bond motifs is 1. The molecule has 11 nitrogen and oxygen atoms in total. The van der Waals surface area contributed by atoms with Crippen molar-refractivity contribution < 1.29 is 37.7 Å². The van der Waals surface area contributed by atoms with Gasteiger partial charge in [0.05, 0.1) is 13.2 Å². The zero-order valence-electron chi connectivity index (χ0n) is 21.3. The Morgan fingerprint density at radius 1 is 1.18 bits per heavy atom. The molecule has 2 aliphatic rings. The zero-order chi connectivity index (χ0) is 29.1. The van der Waals surface area contributed by atoms with Gasteiger partial charge in [-0.2, -0.15) is 13.2 Å². The second kappa shape index (κ2) is 11.3. The standard InChI is InChI=1S/C24H24N6O3.C2HF3O2/c1-29-10-8-24(32,23(29)31)7-5-16-3-2-4-17(15-16)21-27-19-18(6-9-26-20(19)25)22(28-21)30-11-13-33-14-12-30;3-2(4,5)1(6)7/h2-4,6,9,15,32H,8,10-14H2,1H3,(H2,25,26);(H,6,7)/t24-;/m0./s1. The number of morpholine rings is 1. The molecule has 4 heterocycles. The van der Waals surface area contributed by atoms with Gasteiger partial charge in [0.15, 0.2) is 5.82 Å². The van der Waals surface area contributed by atoms with Gasteiger partial charge < -0.3 is 30.5 Å². The van der Waals surface area contributed by atoms with Gasteiger partial charge in [-0.3, -0.25) is 4.79 Å². The van der Waals surface area contributed by atoms with Gasteiger partial charge in [-0.25, -0.2) is 19.7 Å². The molecule has 1 amide bonds. The molecule has 3 aromatic rings. The largest absolute Gasteiger partial charge is 0.490 e. The number of ether oxygens (including phenoxy) is 1. The summed E-state index contributed by atoms with van der Waals surface area (Å²) in [7, 11) is 1.66. The minimum atomic E-state index is -5.08. The molecule has 0 unspecified atom stereocenters. The number of hydrogen-bond donors (Lipinski definition) is 3. The van der Waals surface area contributed by atoms with Gasteiger partial charge in [0, 0.05) is 55.8 Å². The van der Waals surface area contributed by atoms with Crippen molar-refractivity contribution >= 4 is 34.4 Å². The van der Waals surface area contributed by atoms with Crippen molar-refractivity contribution in [3.05, 3.63) is 42.1 Å². The number of likely N-dealkylation sites (N-methyl/N-ethyl adjacent to an activating group) is 1. The van der Waals surface area contributed by atoms with E-state index in [0.29, 0.717) is 42.5 Å². The predicted octanol–water partition coefficient (Wildman–Crippen LogP) is 1.69. The summed E-state index contributed by atoms with van der Waals surface area (Å²) in [5, 5.41) is 18.5. The minimum Gasteiger partial charge on any atom is -0.475 e. The molecule has 2 fully saturated rings. The van der Waals surface area contributed by atoms with Gasteiger partial charge in [0.25, 0.3) is 5.91 Å².